The molecule has 4 atom stereocenters. The fourth-order valence-corrected chi connectivity index (χ4v) is 1.84. The van der Waals surface area contributed by atoms with Crippen molar-refractivity contribution in [3.8, 4) is 0 Å². The number of hydrogen-bond donors (Lipinski definition) is 2. The van der Waals surface area contributed by atoms with E-state index in [1.165, 1.54) is 0 Å². The Morgan fingerprint density at radius 2 is 2.20 bits per heavy atom. The summed E-state index contributed by atoms with van der Waals surface area (Å²) in [4.78, 5) is 4.09. The molecule has 0 spiro atoms. The summed E-state index contributed by atoms with van der Waals surface area (Å²) in [6.45, 7) is 0. The predicted molar refractivity (Wildman–Crippen MR) is 37.0 cm³/mol. The second-order valence-electron chi connectivity index (χ2n) is 3.09. The SMILES string of the molecule is OC1CC2N=CCC1C2O. The summed E-state index contributed by atoms with van der Waals surface area (Å²) in [5.41, 5.74) is 0. The standard InChI is InChI=1S/C7H11NO2/c9-6-3-5-7(10)4(6)1-2-8-5/h2,4-7,9-10H,1,3H2. The number of nitrogens with zero attached hydrogens (tertiary/aromatic N) is 1. The van der Waals surface area contributed by atoms with Gasteiger partial charge in [-0.25, -0.2) is 0 Å². The molecule has 0 saturated heterocycles. The zero-order valence-corrected chi connectivity index (χ0v) is 5.64. The third kappa shape index (κ3) is 0.707. The molecule has 1 aliphatic carbocycles. The van der Waals surface area contributed by atoms with Gasteiger partial charge in [-0.1, -0.05) is 0 Å². The minimum atomic E-state index is -0.389. The van der Waals surface area contributed by atoms with Gasteiger partial charge < -0.3 is 10.2 Å². The van der Waals surface area contributed by atoms with Crippen LogP contribution < -0.4 is 0 Å². The summed E-state index contributed by atoms with van der Waals surface area (Å²) < 4.78 is 0. The van der Waals surface area contributed by atoms with Crippen LogP contribution in [0.5, 0.6) is 0 Å². The molecule has 2 bridgehead atoms. The highest BCUT2D eigenvalue weighted by molar-refractivity contribution is 5.60. The van der Waals surface area contributed by atoms with Crippen molar-refractivity contribution in [2.45, 2.75) is 31.1 Å². The van der Waals surface area contributed by atoms with Gasteiger partial charge in [-0.2, -0.15) is 0 Å². The van der Waals surface area contributed by atoms with Crippen LogP contribution in [-0.2, 0) is 0 Å². The smallest absolute Gasteiger partial charge is 0.0820 e. The number of aliphatic hydroxyl groups excluding tert-OH is 2. The first-order chi connectivity index (χ1) is 4.79. The fraction of sp³-hybridized carbons (Fsp3) is 0.857. The molecule has 1 saturated carbocycles. The molecular weight excluding hydrogens is 130 g/mol. The van der Waals surface area contributed by atoms with Crippen molar-refractivity contribution in [2.75, 3.05) is 0 Å². The van der Waals surface area contributed by atoms with E-state index in [1.54, 1.807) is 0 Å². The molecule has 1 fully saturated rings. The van der Waals surface area contributed by atoms with Crippen LogP contribution in [0.1, 0.15) is 12.8 Å². The number of aliphatic hydroxyl groups is 2. The van der Waals surface area contributed by atoms with E-state index >= 15 is 0 Å². The molecule has 3 nitrogen and oxygen atoms in total. The first-order valence-electron chi connectivity index (χ1n) is 3.67. The zero-order valence-electron chi connectivity index (χ0n) is 5.64. The number of rotatable bonds is 0. The van der Waals surface area contributed by atoms with Gasteiger partial charge in [0.1, 0.15) is 0 Å². The monoisotopic (exact) mass is 141 g/mol. The third-order valence-electron chi connectivity index (χ3n) is 2.48. The van der Waals surface area contributed by atoms with E-state index in [2.05, 4.69) is 4.99 Å². The third-order valence-corrected chi connectivity index (χ3v) is 2.48. The minimum Gasteiger partial charge on any atom is -0.393 e. The summed E-state index contributed by atoms with van der Waals surface area (Å²) in [5, 5.41) is 18.7. The van der Waals surface area contributed by atoms with E-state index in [9.17, 15) is 10.2 Å². The van der Waals surface area contributed by atoms with E-state index in [0.717, 1.165) is 6.42 Å². The molecule has 56 valence electrons. The van der Waals surface area contributed by atoms with Crippen LogP contribution in [0.2, 0.25) is 0 Å². The van der Waals surface area contributed by atoms with E-state index in [0.29, 0.717) is 6.42 Å². The molecule has 3 heteroatoms. The second kappa shape index (κ2) is 2.04. The van der Waals surface area contributed by atoms with Gasteiger partial charge in [0.05, 0.1) is 18.2 Å². The van der Waals surface area contributed by atoms with Crippen LogP contribution in [0.25, 0.3) is 0 Å². The molecule has 1 aliphatic heterocycles. The van der Waals surface area contributed by atoms with Crippen molar-refractivity contribution in [2.24, 2.45) is 10.9 Å². The lowest BCUT2D eigenvalue weighted by Gasteiger charge is -2.20. The molecule has 2 N–H and O–H groups in total. The van der Waals surface area contributed by atoms with Gasteiger partial charge in [0, 0.05) is 5.92 Å². The zero-order chi connectivity index (χ0) is 7.14. The highest BCUT2D eigenvalue weighted by atomic mass is 16.3. The molecule has 1 heterocycles. The Kier molecular flexibility index (Phi) is 1.28. The molecule has 0 aromatic carbocycles. The average Bonchev–Trinajstić information content (AvgIpc) is 2.16. The number of aliphatic imine (C=N–C) groups is 1. The van der Waals surface area contributed by atoms with Gasteiger partial charge in [0.15, 0.2) is 0 Å². The Labute approximate surface area is 59.4 Å². The first kappa shape index (κ1) is 6.31. The van der Waals surface area contributed by atoms with Gasteiger partial charge >= 0.3 is 0 Å². The van der Waals surface area contributed by atoms with Crippen LogP contribution in [0.4, 0.5) is 0 Å². The molecule has 0 amide bonds. The van der Waals surface area contributed by atoms with E-state index in [1.807, 2.05) is 6.21 Å². The van der Waals surface area contributed by atoms with Gasteiger partial charge in [-0.05, 0) is 19.1 Å². The van der Waals surface area contributed by atoms with Crippen LogP contribution >= 0.6 is 0 Å². The van der Waals surface area contributed by atoms with E-state index in [-0.39, 0.29) is 24.2 Å². The van der Waals surface area contributed by atoms with E-state index in [4.69, 9.17) is 0 Å². The second-order valence-corrected chi connectivity index (χ2v) is 3.09. The Morgan fingerprint density at radius 3 is 2.80 bits per heavy atom. The maximum atomic E-state index is 9.41. The topological polar surface area (TPSA) is 52.8 Å². The maximum Gasteiger partial charge on any atom is 0.0820 e. The number of hydrogen-bond acceptors (Lipinski definition) is 3. The van der Waals surface area contributed by atoms with Crippen molar-refractivity contribution < 1.29 is 10.2 Å². The molecule has 2 rings (SSSR count). The van der Waals surface area contributed by atoms with Gasteiger partial charge in [0.25, 0.3) is 0 Å². The van der Waals surface area contributed by atoms with E-state index < -0.39 is 0 Å². The molecular formula is C7H11NO2. The molecule has 0 aromatic rings. The van der Waals surface area contributed by atoms with Gasteiger partial charge in [0.2, 0.25) is 0 Å². The van der Waals surface area contributed by atoms with Crippen LogP contribution in [0, 0.1) is 5.92 Å². The minimum absolute atomic E-state index is 0.0197. The summed E-state index contributed by atoms with van der Waals surface area (Å²) in [6.07, 6.45) is 2.47. The summed E-state index contributed by atoms with van der Waals surface area (Å²) in [5.74, 6) is 0.0579. The van der Waals surface area contributed by atoms with Gasteiger partial charge in [-0.3, -0.25) is 4.99 Å². The molecule has 4 unspecified atom stereocenters. The Hall–Kier alpha value is -0.410. The normalized spacial score (nSPS) is 51.8. The molecule has 2 aliphatic rings. The summed E-state index contributed by atoms with van der Waals surface area (Å²) in [6, 6.07) is -0.0197. The number of fused-ring (bicyclic) bond motifs is 2. The van der Waals surface area contributed by atoms with Crippen molar-refractivity contribution in [1.29, 1.82) is 0 Å². The molecule has 0 radical (unpaired) electrons. The highest BCUT2D eigenvalue weighted by Crippen LogP contribution is 2.33. The fourth-order valence-electron chi connectivity index (χ4n) is 1.84. The Balaban J connectivity index is 2.23. The quantitative estimate of drug-likeness (QED) is 0.481. The van der Waals surface area contributed by atoms with Crippen LogP contribution in [0.3, 0.4) is 0 Å². The van der Waals surface area contributed by atoms with Crippen molar-refractivity contribution in [3.63, 3.8) is 0 Å². The highest BCUT2D eigenvalue weighted by Gasteiger charge is 2.42. The Morgan fingerprint density at radius 1 is 1.40 bits per heavy atom. The average molecular weight is 141 g/mol. The lowest BCUT2D eigenvalue weighted by atomic mass is 9.98. The van der Waals surface area contributed by atoms with Crippen molar-refractivity contribution in [3.05, 3.63) is 0 Å². The van der Waals surface area contributed by atoms with Crippen LogP contribution in [-0.4, -0.2) is 34.7 Å². The predicted octanol–water partition coefficient (Wildman–Crippen LogP) is -0.429. The molecule has 10 heavy (non-hydrogen) atoms. The lowest BCUT2D eigenvalue weighted by Crippen LogP contribution is -2.30. The maximum absolute atomic E-state index is 9.41. The van der Waals surface area contributed by atoms with Crippen LogP contribution in [0.15, 0.2) is 4.99 Å². The lowest BCUT2D eigenvalue weighted by molar-refractivity contribution is 0.0640. The van der Waals surface area contributed by atoms with Crippen molar-refractivity contribution in [1.82, 2.24) is 0 Å². The largest absolute Gasteiger partial charge is 0.393 e. The summed E-state index contributed by atoms with van der Waals surface area (Å²) in [7, 11) is 0. The molecule has 0 aromatic heterocycles. The van der Waals surface area contributed by atoms with Crippen molar-refractivity contribution >= 4 is 6.21 Å². The summed E-state index contributed by atoms with van der Waals surface area (Å²) >= 11 is 0. The first-order valence-corrected chi connectivity index (χ1v) is 3.67. The van der Waals surface area contributed by atoms with Gasteiger partial charge in [-0.15, -0.1) is 0 Å². The Bertz CT molecular complexity index is 169.